The van der Waals surface area contributed by atoms with Crippen molar-refractivity contribution in [1.82, 2.24) is 9.13 Å². The lowest BCUT2D eigenvalue weighted by Crippen LogP contribution is -2.00. The molecule has 2 heterocycles. The number of aromatic nitrogens is 2. The number of hydrogen-bond acceptors (Lipinski definition) is 0. The summed E-state index contributed by atoms with van der Waals surface area (Å²) in [7, 11) is 0. The first-order valence-electron chi connectivity index (χ1n) is 13.6. The third-order valence-corrected chi connectivity index (χ3v) is 8.49. The minimum Gasteiger partial charge on any atom is -0.311 e. The summed E-state index contributed by atoms with van der Waals surface area (Å²) in [6.07, 6.45) is 3.31. The second-order valence-electron chi connectivity index (χ2n) is 10.5. The van der Waals surface area contributed by atoms with Crippen LogP contribution in [0.4, 0.5) is 0 Å². The van der Waals surface area contributed by atoms with E-state index in [1.165, 1.54) is 76.9 Å². The van der Waals surface area contributed by atoms with Crippen molar-refractivity contribution in [1.29, 1.82) is 0 Å². The predicted octanol–water partition coefficient (Wildman–Crippen LogP) is 9.60. The van der Waals surface area contributed by atoms with Crippen LogP contribution >= 0.6 is 0 Å². The van der Waals surface area contributed by atoms with E-state index in [4.69, 9.17) is 0 Å². The van der Waals surface area contributed by atoms with Crippen LogP contribution in [-0.4, -0.2) is 9.13 Å². The maximum absolute atomic E-state index is 2.55. The first kappa shape index (κ1) is 20.9. The zero-order valence-electron chi connectivity index (χ0n) is 21.3. The van der Waals surface area contributed by atoms with Gasteiger partial charge < -0.3 is 9.13 Å². The topological polar surface area (TPSA) is 9.86 Å². The van der Waals surface area contributed by atoms with E-state index >= 15 is 0 Å². The van der Waals surface area contributed by atoms with Crippen LogP contribution in [0, 0.1) is 0 Å². The molecule has 0 bridgehead atoms. The fourth-order valence-electron chi connectivity index (χ4n) is 6.94. The molecular formula is C37H24N2. The molecule has 0 amide bonds. The van der Waals surface area contributed by atoms with Gasteiger partial charge in [0.15, 0.2) is 0 Å². The zero-order chi connectivity index (χ0) is 25.5. The lowest BCUT2D eigenvalue weighted by atomic mass is 9.98. The Bertz CT molecular complexity index is 2290. The molecule has 8 aromatic rings. The second-order valence-corrected chi connectivity index (χ2v) is 10.5. The molecule has 39 heavy (non-hydrogen) atoms. The van der Waals surface area contributed by atoms with Gasteiger partial charge in [-0.25, -0.2) is 0 Å². The highest BCUT2D eigenvalue weighted by Gasteiger charge is 2.26. The third-order valence-electron chi connectivity index (χ3n) is 8.49. The molecule has 0 atom stereocenters. The first-order valence-corrected chi connectivity index (χ1v) is 13.6. The Balaban J connectivity index is 1.60. The zero-order valence-corrected chi connectivity index (χ0v) is 21.3. The molecule has 182 valence electrons. The smallest absolute Gasteiger partial charge is 0.0795 e. The largest absolute Gasteiger partial charge is 0.311 e. The van der Waals surface area contributed by atoms with Gasteiger partial charge in [0.2, 0.25) is 0 Å². The van der Waals surface area contributed by atoms with Crippen LogP contribution < -0.4 is 0 Å². The Kier molecular flexibility index (Phi) is 4.14. The average Bonchev–Trinajstić information content (AvgIpc) is 3.67. The molecule has 0 radical (unpaired) electrons. The first-order chi connectivity index (χ1) is 19.4. The van der Waals surface area contributed by atoms with Crippen LogP contribution in [0.5, 0.6) is 0 Å². The van der Waals surface area contributed by atoms with E-state index in [2.05, 4.69) is 143 Å². The quantitative estimate of drug-likeness (QED) is 0.225. The van der Waals surface area contributed by atoms with Crippen LogP contribution in [0.3, 0.4) is 0 Å². The van der Waals surface area contributed by atoms with Crippen LogP contribution in [0.15, 0.2) is 127 Å². The van der Waals surface area contributed by atoms with Crippen molar-refractivity contribution in [3.8, 4) is 5.69 Å². The maximum Gasteiger partial charge on any atom is 0.0795 e. The Labute approximate surface area is 225 Å². The summed E-state index contributed by atoms with van der Waals surface area (Å²) >= 11 is 0. The van der Waals surface area contributed by atoms with E-state index < -0.39 is 0 Å². The Morgan fingerprint density at radius 3 is 1.62 bits per heavy atom. The van der Waals surface area contributed by atoms with E-state index in [9.17, 15) is 0 Å². The highest BCUT2D eigenvalue weighted by atomic mass is 15.0. The number of para-hydroxylation sites is 3. The molecule has 9 rings (SSSR count). The van der Waals surface area contributed by atoms with E-state index in [0.29, 0.717) is 0 Å². The predicted molar refractivity (Wildman–Crippen MR) is 166 cm³/mol. The van der Waals surface area contributed by atoms with Crippen molar-refractivity contribution >= 4 is 66.2 Å². The van der Waals surface area contributed by atoms with Gasteiger partial charge in [-0.1, -0.05) is 103 Å². The molecule has 0 saturated carbocycles. The van der Waals surface area contributed by atoms with Gasteiger partial charge in [-0.15, -0.1) is 0 Å². The molecule has 1 aliphatic carbocycles. The normalized spacial score (nSPS) is 13.2. The maximum atomic E-state index is 2.55. The van der Waals surface area contributed by atoms with Crippen LogP contribution in [0.25, 0.3) is 71.8 Å². The van der Waals surface area contributed by atoms with Crippen molar-refractivity contribution < 1.29 is 0 Å². The lowest BCUT2D eigenvalue weighted by Gasteiger charge is -2.14. The molecule has 2 heteroatoms. The fourth-order valence-corrected chi connectivity index (χ4v) is 6.94. The second kappa shape index (κ2) is 7.72. The summed E-state index contributed by atoms with van der Waals surface area (Å²) in [5, 5.41) is 7.84. The molecule has 2 aromatic heterocycles. The van der Waals surface area contributed by atoms with Gasteiger partial charge in [0.05, 0.1) is 22.1 Å². The third kappa shape index (κ3) is 2.75. The van der Waals surface area contributed by atoms with Gasteiger partial charge in [0.1, 0.15) is 0 Å². The van der Waals surface area contributed by atoms with E-state index in [1.807, 2.05) is 0 Å². The standard InChI is InChI=1S/C37H24N2/c1-2-14-26(15-3-1)38-32-20-10-8-18-30(32)34-28-16-6-7-17-29(28)35-31-19-9-11-21-33(31)39(37(35)36(34)38)27-22-24-12-4-5-13-25(24)23-27/h1-22H,23H2. The summed E-state index contributed by atoms with van der Waals surface area (Å²) in [6.45, 7) is 0. The van der Waals surface area contributed by atoms with Gasteiger partial charge in [0.25, 0.3) is 0 Å². The number of allylic oxidation sites excluding steroid dienone is 1. The minimum absolute atomic E-state index is 0.920. The molecule has 0 saturated heterocycles. The Morgan fingerprint density at radius 2 is 0.949 bits per heavy atom. The van der Waals surface area contributed by atoms with Crippen molar-refractivity contribution in [2.24, 2.45) is 0 Å². The molecule has 6 aromatic carbocycles. The lowest BCUT2D eigenvalue weighted by molar-refractivity contribution is 1.13. The highest BCUT2D eigenvalue weighted by molar-refractivity contribution is 6.36. The highest BCUT2D eigenvalue weighted by Crippen LogP contribution is 2.47. The van der Waals surface area contributed by atoms with Gasteiger partial charge >= 0.3 is 0 Å². The Morgan fingerprint density at radius 1 is 0.436 bits per heavy atom. The molecule has 0 aliphatic heterocycles. The Hall–Kier alpha value is -5.08. The molecule has 2 nitrogen and oxygen atoms in total. The average molecular weight is 497 g/mol. The van der Waals surface area contributed by atoms with Gasteiger partial charge in [-0.05, 0) is 52.2 Å². The van der Waals surface area contributed by atoms with E-state index in [-0.39, 0.29) is 0 Å². The molecule has 0 unspecified atom stereocenters. The molecular weight excluding hydrogens is 472 g/mol. The number of nitrogens with zero attached hydrogens (tertiary/aromatic N) is 2. The summed E-state index contributed by atoms with van der Waals surface area (Å²) in [5.74, 6) is 0. The SMILES string of the molecule is C1=C(n2c3ccccc3c3c4ccccc4c4c5ccccc5n(-c5ccccc5)c4c32)Cc2ccccc21. The number of fused-ring (bicyclic) bond motifs is 11. The van der Waals surface area contributed by atoms with Gasteiger partial charge in [-0.3, -0.25) is 0 Å². The van der Waals surface area contributed by atoms with Gasteiger partial charge in [-0.2, -0.15) is 0 Å². The van der Waals surface area contributed by atoms with Crippen LogP contribution in [-0.2, 0) is 6.42 Å². The number of benzene rings is 6. The molecule has 0 N–H and O–H groups in total. The minimum atomic E-state index is 0.920. The number of rotatable bonds is 2. The van der Waals surface area contributed by atoms with Crippen molar-refractivity contribution in [3.05, 3.63) is 139 Å². The van der Waals surface area contributed by atoms with E-state index in [1.54, 1.807) is 0 Å². The summed E-state index contributed by atoms with van der Waals surface area (Å²) in [5.41, 5.74) is 10.3. The summed E-state index contributed by atoms with van der Waals surface area (Å²) < 4.78 is 5.04. The number of hydrogen-bond donors (Lipinski definition) is 0. The van der Waals surface area contributed by atoms with Crippen LogP contribution in [0.1, 0.15) is 11.1 Å². The van der Waals surface area contributed by atoms with Crippen LogP contribution in [0.2, 0.25) is 0 Å². The van der Waals surface area contributed by atoms with Gasteiger partial charge in [0, 0.05) is 39.4 Å². The fraction of sp³-hybridized carbons (Fsp3) is 0.0270. The molecule has 0 fully saturated rings. The van der Waals surface area contributed by atoms with Crippen molar-refractivity contribution in [2.75, 3.05) is 0 Å². The monoisotopic (exact) mass is 496 g/mol. The summed E-state index contributed by atoms with van der Waals surface area (Å²) in [6, 6.07) is 46.4. The van der Waals surface area contributed by atoms with Crippen molar-refractivity contribution in [2.45, 2.75) is 6.42 Å². The molecule has 1 aliphatic rings. The molecule has 0 spiro atoms. The van der Waals surface area contributed by atoms with Crippen molar-refractivity contribution in [3.63, 3.8) is 0 Å². The summed E-state index contributed by atoms with van der Waals surface area (Å²) in [4.78, 5) is 0. The van der Waals surface area contributed by atoms with E-state index in [0.717, 1.165) is 6.42 Å².